The topological polar surface area (TPSA) is 36.9 Å². The summed E-state index contributed by atoms with van der Waals surface area (Å²) in [5, 5.41) is 0. The highest BCUT2D eigenvalue weighted by Gasteiger charge is 2.08. The zero-order valence-corrected chi connectivity index (χ0v) is 20.8. The largest absolute Gasteiger partial charge is 0.465 e. The highest BCUT2D eigenvalue weighted by molar-refractivity contribution is 5.30. The van der Waals surface area contributed by atoms with Gasteiger partial charge in [-0.05, 0) is 86.8 Å². The summed E-state index contributed by atoms with van der Waals surface area (Å²) in [6.45, 7) is 14.0. The second kappa shape index (κ2) is 14.2. The zero-order valence-electron chi connectivity index (χ0n) is 20.8. The Morgan fingerprint density at radius 3 is 1.22 bits per heavy atom. The van der Waals surface area contributed by atoms with Crippen molar-refractivity contribution in [2.75, 3.05) is 13.2 Å². The summed E-state index contributed by atoms with van der Waals surface area (Å²) in [4.78, 5) is 0. The predicted molar refractivity (Wildman–Crippen MR) is 132 cm³/mol. The Labute approximate surface area is 195 Å². The third-order valence-corrected chi connectivity index (χ3v) is 5.97. The predicted octanol–water partition coefficient (Wildman–Crippen LogP) is 7.68. The lowest BCUT2D eigenvalue weighted by Gasteiger charge is -2.17. The summed E-state index contributed by atoms with van der Waals surface area (Å²) >= 11 is 0. The average Bonchev–Trinajstić information content (AvgIpc) is 2.81. The molecule has 0 saturated carbocycles. The van der Waals surface area contributed by atoms with Gasteiger partial charge in [0.25, 0.3) is 0 Å². The molecular weight excluding hydrogens is 400 g/mol. The smallest absolute Gasteiger partial charge is 0.196 e. The minimum Gasteiger partial charge on any atom is -0.465 e. The van der Waals surface area contributed by atoms with Gasteiger partial charge in [-0.1, -0.05) is 52.0 Å². The summed E-state index contributed by atoms with van der Waals surface area (Å²) in [5.74, 6) is 2.83. The summed E-state index contributed by atoms with van der Waals surface area (Å²) in [6.07, 6.45) is 3.56. The first-order chi connectivity index (χ1) is 15.4. The second-order valence-electron chi connectivity index (χ2n) is 8.58. The molecule has 0 radical (unpaired) electrons. The molecule has 0 N–H and O–H groups in total. The van der Waals surface area contributed by atoms with Crippen molar-refractivity contribution in [1.82, 2.24) is 0 Å². The van der Waals surface area contributed by atoms with Crippen molar-refractivity contribution in [3.63, 3.8) is 0 Å². The fraction of sp³-hybridized carbons (Fsp3) is 0.571. The van der Waals surface area contributed by atoms with Crippen molar-refractivity contribution in [1.29, 1.82) is 0 Å². The lowest BCUT2D eigenvalue weighted by atomic mass is 9.99. The molecule has 4 heteroatoms. The molecule has 0 heterocycles. The van der Waals surface area contributed by atoms with E-state index < -0.39 is 0 Å². The molecular formula is C28H42O4. The molecule has 0 fully saturated rings. The Bertz CT molecular complexity index is 676. The van der Waals surface area contributed by atoms with E-state index >= 15 is 0 Å². The van der Waals surface area contributed by atoms with Gasteiger partial charge in [-0.25, -0.2) is 0 Å². The third-order valence-electron chi connectivity index (χ3n) is 5.97. The lowest BCUT2D eigenvalue weighted by molar-refractivity contribution is -0.0804. The van der Waals surface area contributed by atoms with Crippen LogP contribution in [0.15, 0.2) is 48.5 Å². The van der Waals surface area contributed by atoms with Crippen molar-refractivity contribution in [3.05, 3.63) is 59.7 Å². The van der Waals surface area contributed by atoms with E-state index in [0.717, 1.165) is 37.2 Å². The Morgan fingerprint density at radius 2 is 0.906 bits per heavy atom. The van der Waals surface area contributed by atoms with Crippen molar-refractivity contribution in [3.8, 4) is 11.5 Å². The molecule has 32 heavy (non-hydrogen) atoms. The molecule has 0 spiro atoms. The number of ether oxygens (including phenoxy) is 4. The van der Waals surface area contributed by atoms with Crippen LogP contribution < -0.4 is 9.47 Å². The zero-order chi connectivity index (χ0) is 23.3. The van der Waals surface area contributed by atoms with Crippen molar-refractivity contribution in [2.45, 2.75) is 91.6 Å². The van der Waals surface area contributed by atoms with E-state index in [2.05, 4.69) is 52.0 Å². The van der Waals surface area contributed by atoms with Crippen LogP contribution in [0.4, 0.5) is 0 Å². The summed E-state index contributed by atoms with van der Waals surface area (Å²) in [7, 11) is 0. The highest BCUT2D eigenvalue weighted by atomic mass is 16.7. The van der Waals surface area contributed by atoms with Gasteiger partial charge in [0.05, 0.1) is 13.2 Å². The van der Waals surface area contributed by atoms with Gasteiger partial charge in [0.15, 0.2) is 12.6 Å². The fourth-order valence-electron chi connectivity index (χ4n) is 3.38. The Kier molecular flexibility index (Phi) is 11.6. The standard InChI is InChI=1S/C28H42O4/c1-7-21(3)25-11-15-27(16-12-25)31-23(5)29-19-9-10-20-30-24(6)32-28-17-13-26(14-18-28)22(4)8-2/h11-18,21-24H,7-10,19-20H2,1-6H3. The maximum absolute atomic E-state index is 5.85. The molecule has 4 unspecified atom stereocenters. The SMILES string of the molecule is CCC(C)c1ccc(OC(C)OCCCCOC(C)Oc2ccc(C(C)CC)cc2)cc1. The first kappa shape index (κ1) is 26.2. The molecule has 0 aliphatic heterocycles. The van der Waals surface area contributed by atoms with Gasteiger partial charge in [0.2, 0.25) is 0 Å². The molecule has 0 aliphatic carbocycles. The van der Waals surface area contributed by atoms with Crippen LogP contribution in [0, 0.1) is 0 Å². The number of hydrogen-bond donors (Lipinski definition) is 0. The van der Waals surface area contributed by atoms with E-state index in [1.54, 1.807) is 0 Å². The highest BCUT2D eigenvalue weighted by Crippen LogP contribution is 2.23. The quantitative estimate of drug-likeness (QED) is 0.209. The van der Waals surface area contributed by atoms with Crippen LogP contribution >= 0.6 is 0 Å². The van der Waals surface area contributed by atoms with Crippen LogP contribution in [-0.4, -0.2) is 25.8 Å². The van der Waals surface area contributed by atoms with E-state index in [1.165, 1.54) is 11.1 Å². The van der Waals surface area contributed by atoms with Gasteiger partial charge in [-0.15, -0.1) is 0 Å². The Morgan fingerprint density at radius 1 is 0.562 bits per heavy atom. The number of unbranched alkanes of at least 4 members (excludes halogenated alkanes) is 1. The van der Waals surface area contributed by atoms with Crippen LogP contribution in [0.2, 0.25) is 0 Å². The maximum atomic E-state index is 5.85. The van der Waals surface area contributed by atoms with Crippen molar-refractivity contribution < 1.29 is 18.9 Å². The molecule has 0 bridgehead atoms. The number of rotatable bonds is 15. The van der Waals surface area contributed by atoms with E-state index in [-0.39, 0.29) is 12.6 Å². The molecule has 4 atom stereocenters. The normalized spacial score (nSPS) is 15.1. The molecule has 178 valence electrons. The van der Waals surface area contributed by atoms with Gasteiger partial charge in [0, 0.05) is 0 Å². The van der Waals surface area contributed by atoms with Crippen molar-refractivity contribution >= 4 is 0 Å². The van der Waals surface area contributed by atoms with Gasteiger partial charge < -0.3 is 18.9 Å². The minimum atomic E-state index is -0.272. The lowest BCUT2D eigenvalue weighted by Crippen LogP contribution is -2.18. The molecule has 2 aromatic rings. The first-order valence-corrected chi connectivity index (χ1v) is 12.2. The Hall–Kier alpha value is -2.04. The van der Waals surface area contributed by atoms with Crippen molar-refractivity contribution in [2.24, 2.45) is 0 Å². The van der Waals surface area contributed by atoms with E-state index in [9.17, 15) is 0 Å². The summed E-state index contributed by atoms with van der Waals surface area (Å²) in [6, 6.07) is 16.6. The van der Waals surface area contributed by atoms with Gasteiger partial charge in [0.1, 0.15) is 11.5 Å². The van der Waals surface area contributed by atoms with Gasteiger partial charge in [-0.2, -0.15) is 0 Å². The van der Waals surface area contributed by atoms with E-state index in [1.807, 2.05) is 38.1 Å². The minimum absolute atomic E-state index is 0.272. The molecule has 0 amide bonds. The maximum Gasteiger partial charge on any atom is 0.196 e. The van der Waals surface area contributed by atoms with Crippen LogP contribution in [-0.2, 0) is 9.47 Å². The second-order valence-corrected chi connectivity index (χ2v) is 8.58. The molecule has 2 aromatic carbocycles. The fourth-order valence-corrected chi connectivity index (χ4v) is 3.38. The molecule has 2 rings (SSSR count). The Balaban J connectivity index is 1.56. The monoisotopic (exact) mass is 442 g/mol. The molecule has 4 nitrogen and oxygen atoms in total. The summed E-state index contributed by atoms with van der Waals surface area (Å²) in [5.41, 5.74) is 2.68. The number of benzene rings is 2. The molecule has 0 aliphatic rings. The van der Waals surface area contributed by atoms with Crippen LogP contribution in [0.5, 0.6) is 11.5 Å². The molecule has 0 saturated heterocycles. The average molecular weight is 443 g/mol. The van der Waals surface area contributed by atoms with Crippen LogP contribution in [0.1, 0.15) is 90.2 Å². The van der Waals surface area contributed by atoms with Crippen LogP contribution in [0.3, 0.4) is 0 Å². The van der Waals surface area contributed by atoms with Gasteiger partial charge in [-0.3, -0.25) is 0 Å². The van der Waals surface area contributed by atoms with Crippen LogP contribution in [0.25, 0.3) is 0 Å². The first-order valence-electron chi connectivity index (χ1n) is 12.2. The summed E-state index contributed by atoms with van der Waals surface area (Å²) < 4.78 is 23.3. The molecule has 0 aromatic heterocycles. The van der Waals surface area contributed by atoms with Gasteiger partial charge >= 0.3 is 0 Å². The third kappa shape index (κ3) is 9.22. The van der Waals surface area contributed by atoms with E-state index in [0.29, 0.717) is 25.0 Å². The van der Waals surface area contributed by atoms with E-state index in [4.69, 9.17) is 18.9 Å². The number of hydrogen-bond acceptors (Lipinski definition) is 4.